The van der Waals surface area contributed by atoms with Gasteiger partial charge in [0.2, 0.25) is 15.9 Å². The molecular formula is C26H29Cl2N3O3S. The number of benzene rings is 2. The molecule has 186 valence electrons. The Hall–Kier alpha value is -2.32. The number of hydrogen-bond donors (Lipinski definition) is 0. The molecule has 2 aromatic rings. The molecule has 4 rings (SSSR count). The maximum atomic E-state index is 13.3. The van der Waals surface area contributed by atoms with Crippen LogP contribution in [0.25, 0.3) is 0 Å². The SMILES string of the molecule is CC=C(Cl)C=C(C)N1CCN(S(=O)(=O)c2ccc3c(c2)CCN3C(=O)Cc2ccc(Cl)cc2)CC1. The van der Waals surface area contributed by atoms with Crippen LogP contribution in [0.15, 0.2) is 70.2 Å². The normalized spacial score (nSPS) is 17.6. The van der Waals surface area contributed by atoms with Crippen LogP contribution >= 0.6 is 23.2 Å². The van der Waals surface area contributed by atoms with E-state index in [1.54, 1.807) is 35.2 Å². The molecule has 0 aromatic heterocycles. The molecule has 0 unspecified atom stereocenters. The van der Waals surface area contributed by atoms with Gasteiger partial charge >= 0.3 is 0 Å². The zero-order chi connectivity index (χ0) is 25.2. The highest BCUT2D eigenvalue weighted by Crippen LogP contribution is 2.32. The number of carbonyl (C=O) groups is 1. The summed E-state index contributed by atoms with van der Waals surface area (Å²) in [6.45, 7) is 6.43. The summed E-state index contributed by atoms with van der Waals surface area (Å²) in [5.41, 5.74) is 3.58. The molecule has 0 atom stereocenters. The molecule has 0 aliphatic carbocycles. The molecule has 35 heavy (non-hydrogen) atoms. The van der Waals surface area contributed by atoms with Gasteiger partial charge in [0, 0.05) is 54.2 Å². The van der Waals surface area contributed by atoms with Gasteiger partial charge in [0.15, 0.2) is 0 Å². The van der Waals surface area contributed by atoms with Gasteiger partial charge < -0.3 is 9.80 Å². The fraction of sp³-hybridized carbons (Fsp3) is 0.346. The molecule has 9 heteroatoms. The van der Waals surface area contributed by atoms with Crippen LogP contribution in [0.3, 0.4) is 0 Å². The van der Waals surface area contributed by atoms with E-state index in [0.717, 1.165) is 22.5 Å². The number of fused-ring (bicyclic) bond motifs is 1. The van der Waals surface area contributed by atoms with Gasteiger partial charge in [-0.25, -0.2) is 8.42 Å². The van der Waals surface area contributed by atoms with Crippen LogP contribution in [0.1, 0.15) is 25.0 Å². The smallest absolute Gasteiger partial charge is 0.243 e. The van der Waals surface area contributed by atoms with Gasteiger partial charge in [-0.15, -0.1) is 0 Å². The van der Waals surface area contributed by atoms with Crippen LogP contribution in [0.5, 0.6) is 0 Å². The molecule has 0 saturated carbocycles. The lowest BCUT2D eigenvalue weighted by molar-refractivity contribution is -0.117. The molecule has 0 bridgehead atoms. The number of amides is 1. The van der Waals surface area contributed by atoms with Crippen molar-refractivity contribution in [3.8, 4) is 0 Å². The number of rotatable bonds is 6. The van der Waals surface area contributed by atoms with Crippen LogP contribution in [-0.4, -0.2) is 56.3 Å². The fourth-order valence-corrected chi connectivity index (χ4v) is 6.23. The Kier molecular flexibility index (Phi) is 7.91. The van der Waals surface area contributed by atoms with E-state index in [1.165, 1.54) is 4.31 Å². The first-order valence-electron chi connectivity index (χ1n) is 11.6. The van der Waals surface area contributed by atoms with Gasteiger partial charge in [0.25, 0.3) is 0 Å². The topological polar surface area (TPSA) is 60.9 Å². The van der Waals surface area contributed by atoms with Crippen molar-refractivity contribution in [3.05, 3.63) is 81.5 Å². The number of carbonyl (C=O) groups excluding carboxylic acids is 1. The molecule has 6 nitrogen and oxygen atoms in total. The van der Waals surface area contributed by atoms with Crippen molar-refractivity contribution in [2.24, 2.45) is 0 Å². The average Bonchev–Trinajstić information content (AvgIpc) is 3.29. The third-order valence-corrected chi connectivity index (χ3v) is 8.99. The third-order valence-electron chi connectivity index (χ3n) is 6.51. The average molecular weight is 535 g/mol. The van der Waals surface area contributed by atoms with E-state index in [4.69, 9.17) is 23.2 Å². The lowest BCUT2D eigenvalue weighted by Crippen LogP contribution is -2.47. The summed E-state index contributed by atoms with van der Waals surface area (Å²) < 4.78 is 28.2. The minimum atomic E-state index is -3.62. The Morgan fingerprint density at radius 1 is 1.03 bits per heavy atom. The van der Waals surface area contributed by atoms with Crippen molar-refractivity contribution < 1.29 is 13.2 Å². The number of hydrogen-bond acceptors (Lipinski definition) is 4. The summed E-state index contributed by atoms with van der Waals surface area (Å²) in [6, 6.07) is 12.3. The van der Waals surface area contributed by atoms with E-state index in [2.05, 4.69) is 4.90 Å². The quantitative estimate of drug-likeness (QED) is 0.499. The van der Waals surface area contributed by atoms with Crippen LogP contribution in [-0.2, 0) is 27.7 Å². The standard InChI is InChI=1S/C26H29Cl2N3O3S/c1-3-22(27)16-19(2)29-12-14-30(15-13-29)35(33,34)24-8-9-25-21(18-24)10-11-31(25)26(32)17-20-4-6-23(28)7-5-20/h3-9,16,18H,10-15,17H2,1-2H3. The van der Waals surface area contributed by atoms with E-state index in [1.807, 2.05) is 38.1 Å². The minimum absolute atomic E-state index is 0.0146. The predicted octanol–water partition coefficient (Wildman–Crippen LogP) is 4.82. The number of anilines is 1. The van der Waals surface area contributed by atoms with Crippen molar-refractivity contribution in [1.29, 1.82) is 0 Å². The molecule has 0 spiro atoms. The number of sulfonamides is 1. The van der Waals surface area contributed by atoms with E-state index in [-0.39, 0.29) is 17.2 Å². The maximum absolute atomic E-state index is 13.3. The summed E-state index contributed by atoms with van der Waals surface area (Å²) in [5, 5.41) is 1.30. The second-order valence-corrected chi connectivity index (χ2v) is 11.6. The van der Waals surface area contributed by atoms with Crippen LogP contribution in [0.2, 0.25) is 5.02 Å². The Morgan fingerprint density at radius 3 is 2.37 bits per heavy atom. The highest BCUT2D eigenvalue weighted by Gasteiger charge is 2.31. The second-order valence-electron chi connectivity index (χ2n) is 8.74. The maximum Gasteiger partial charge on any atom is 0.243 e. The largest absolute Gasteiger partial charge is 0.372 e. The van der Waals surface area contributed by atoms with Crippen LogP contribution < -0.4 is 4.90 Å². The van der Waals surface area contributed by atoms with Crippen molar-refractivity contribution in [2.75, 3.05) is 37.6 Å². The molecule has 2 aliphatic rings. The fourth-order valence-electron chi connectivity index (χ4n) is 4.47. The van der Waals surface area contributed by atoms with Crippen molar-refractivity contribution >= 4 is 44.8 Å². The van der Waals surface area contributed by atoms with Gasteiger partial charge in [-0.3, -0.25) is 4.79 Å². The number of allylic oxidation sites excluding steroid dienone is 4. The first kappa shape index (κ1) is 25.8. The van der Waals surface area contributed by atoms with E-state index in [0.29, 0.717) is 49.2 Å². The second kappa shape index (κ2) is 10.7. The van der Waals surface area contributed by atoms with Crippen molar-refractivity contribution in [2.45, 2.75) is 31.6 Å². The number of halogens is 2. The Labute approximate surface area is 217 Å². The zero-order valence-corrected chi connectivity index (χ0v) is 22.2. The van der Waals surface area contributed by atoms with Gasteiger partial charge in [-0.05, 0) is 67.8 Å². The number of nitrogens with zero attached hydrogens (tertiary/aromatic N) is 3. The Balaban J connectivity index is 1.44. The van der Waals surface area contributed by atoms with E-state index in [9.17, 15) is 13.2 Å². The summed E-state index contributed by atoms with van der Waals surface area (Å²) in [6.07, 6.45) is 4.63. The summed E-state index contributed by atoms with van der Waals surface area (Å²) in [5.74, 6) is -0.0146. The molecule has 1 amide bonds. The molecule has 1 saturated heterocycles. The molecular weight excluding hydrogens is 505 g/mol. The lowest BCUT2D eigenvalue weighted by atomic mass is 10.1. The van der Waals surface area contributed by atoms with Crippen molar-refractivity contribution in [1.82, 2.24) is 9.21 Å². The zero-order valence-electron chi connectivity index (χ0n) is 19.9. The third kappa shape index (κ3) is 5.75. The summed E-state index contributed by atoms with van der Waals surface area (Å²) in [4.78, 5) is 17.1. The van der Waals surface area contributed by atoms with Crippen molar-refractivity contribution in [3.63, 3.8) is 0 Å². The Bertz CT molecular complexity index is 1270. The van der Waals surface area contributed by atoms with Gasteiger partial charge in [0.05, 0.1) is 11.3 Å². The van der Waals surface area contributed by atoms with Gasteiger partial charge in [0.1, 0.15) is 0 Å². The predicted molar refractivity (Wildman–Crippen MR) is 141 cm³/mol. The first-order valence-corrected chi connectivity index (χ1v) is 13.8. The molecule has 0 radical (unpaired) electrons. The highest BCUT2D eigenvalue weighted by molar-refractivity contribution is 7.89. The summed E-state index contributed by atoms with van der Waals surface area (Å²) >= 11 is 12.0. The minimum Gasteiger partial charge on any atom is -0.372 e. The monoisotopic (exact) mass is 533 g/mol. The van der Waals surface area contributed by atoms with E-state index >= 15 is 0 Å². The molecule has 2 heterocycles. The Morgan fingerprint density at radius 2 is 1.71 bits per heavy atom. The van der Waals surface area contributed by atoms with Gasteiger partial charge in [-0.1, -0.05) is 41.4 Å². The molecule has 0 N–H and O–H groups in total. The molecule has 2 aromatic carbocycles. The van der Waals surface area contributed by atoms with Crippen LogP contribution in [0.4, 0.5) is 5.69 Å². The van der Waals surface area contributed by atoms with Crippen LogP contribution in [0, 0.1) is 0 Å². The van der Waals surface area contributed by atoms with Gasteiger partial charge in [-0.2, -0.15) is 4.31 Å². The molecule has 1 fully saturated rings. The first-order chi connectivity index (χ1) is 16.7. The highest BCUT2D eigenvalue weighted by atomic mass is 35.5. The van der Waals surface area contributed by atoms with E-state index < -0.39 is 10.0 Å². The summed E-state index contributed by atoms with van der Waals surface area (Å²) in [7, 11) is -3.62. The number of piperazine rings is 1. The molecule has 2 aliphatic heterocycles. The lowest BCUT2D eigenvalue weighted by Gasteiger charge is -2.35.